The molecule has 1 radical (unpaired) electrons. The summed E-state index contributed by atoms with van der Waals surface area (Å²) in [5.74, 6) is -0.200. The van der Waals surface area contributed by atoms with Crippen molar-refractivity contribution < 1.29 is 35.8 Å². The normalized spacial score (nSPS) is 14.1. The second-order valence-corrected chi connectivity index (χ2v) is 22.4. The van der Waals surface area contributed by atoms with Crippen LogP contribution in [0, 0.1) is 30.2 Å². The van der Waals surface area contributed by atoms with Gasteiger partial charge in [-0.3, -0.25) is 0 Å². The molecule has 9 aromatic rings. The van der Waals surface area contributed by atoms with Gasteiger partial charge in [0.2, 0.25) is 0 Å². The number of pyridine rings is 2. The van der Waals surface area contributed by atoms with Gasteiger partial charge in [-0.2, -0.15) is 0 Å². The van der Waals surface area contributed by atoms with E-state index in [2.05, 4.69) is 84.2 Å². The molecule has 0 saturated heterocycles. The fraction of sp³-hybridized carbons (Fsp3) is 0.200. The van der Waals surface area contributed by atoms with Crippen LogP contribution in [0.1, 0.15) is 38.8 Å². The van der Waals surface area contributed by atoms with E-state index in [0.717, 1.165) is 53.1 Å². The molecule has 0 N–H and O–H groups in total. The number of benzene rings is 5. The zero-order valence-corrected chi connectivity index (χ0v) is 34.8. The van der Waals surface area contributed by atoms with E-state index in [1.54, 1.807) is 39.0 Å². The maximum Gasteiger partial charge on any atom is 0.121 e. The first kappa shape index (κ1) is 30.5. The topological polar surface area (TPSA) is 38.9 Å². The van der Waals surface area contributed by atoms with Crippen molar-refractivity contribution in [2.24, 2.45) is 5.41 Å². The summed E-state index contributed by atoms with van der Waals surface area (Å²) in [6.07, 6.45) is 1.35. The number of hydrogen-bond donors (Lipinski definition) is 0. The number of nitrogens with zero attached hydrogens (tertiary/aromatic N) is 2. The number of furan rings is 1. The molecule has 0 aliphatic heterocycles. The molecular formula is C45H39FIrN2OSeSi-2. The van der Waals surface area contributed by atoms with Gasteiger partial charge >= 0.3 is 112 Å². The summed E-state index contributed by atoms with van der Waals surface area (Å²) >= 11 is 0.173. The van der Waals surface area contributed by atoms with Crippen LogP contribution < -0.4 is 5.19 Å². The van der Waals surface area contributed by atoms with Gasteiger partial charge in [0, 0.05) is 38.5 Å². The number of aryl methyl sites for hydroxylation is 1. The third-order valence-electron chi connectivity index (χ3n) is 9.01. The van der Waals surface area contributed by atoms with Gasteiger partial charge in [0.25, 0.3) is 0 Å². The van der Waals surface area contributed by atoms with Gasteiger partial charge in [-0.05, 0) is 63.6 Å². The van der Waals surface area contributed by atoms with Crippen molar-refractivity contribution in [3.8, 4) is 11.3 Å². The zero-order chi connectivity index (χ0) is 39.9. The van der Waals surface area contributed by atoms with E-state index in [9.17, 15) is 4.39 Å². The Bertz CT molecular complexity index is 3000. The molecule has 0 fully saturated rings. The predicted molar refractivity (Wildman–Crippen MR) is 217 cm³/mol. The smallest absolute Gasteiger partial charge is 0.121 e. The summed E-state index contributed by atoms with van der Waals surface area (Å²) in [6, 6.07) is 33.5. The molecule has 0 unspecified atom stereocenters. The van der Waals surface area contributed by atoms with Crippen molar-refractivity contribution in [2.45, 2.75) is 53.6 Å². The molecule has 0 aliphatic rings. The monoisotopic (exact) mass is 948 g/mol. The Morgan fingerprint density at radius 2 is 1.67 bits per heavy atom. The molecule has 5 aromatic carbocycles. The summed E-state index contributed by atoms with van der Waals surface area (Å²) in [7, 11) is -1.33. The standard InChI is InChI=1S/C31H26NO.C14H13FNSeSi.Ir/c1-19-18-32-28(15-22(19)17-31(2,3)4)25-11-7-10-24-27-14-21-13-12-20-8-5-6-9-23(20)26(21)16-29(27)33-30(24)25;1-18(2,3)10-7-13-14(16-8-10)11-5-4-9(15)6-12(11)17-13;/h5-10,12-16,18H,17H2,1-4H3;4,6-8H,1-3H3;/q2*-1;/i1D3,17D2;;. The van der Waals surface area contributed by atoms with Crippen LogP contribution in [0.4, 0.5) is 4.39 Å². The molecule has 4 heterocycles. The van der Waals surface area contributed by atoms with E-state index in [1.807, 2.05) is 24.4 Å². The maximum absolute atomic E-state index is 13.2. The predicted octanol–water partition coefficient (Wildman–Crippen LogP) is 11.6. The van der Waals surface area contributed by atoms with Crippen molar-refractivity contribution in [1.82, 2.24) is 9.97 Å². The largest absolute Gasteiger partial charge is 0.501 e. The van der Waals surface area contributed by atoms with Gasteiger partial charge < -0.3 is 9.40 Å². The van der Waals surface area contributed by atoms with Crippen LogP contribution in [0.15, 0.2) is 102 Å². The molecule has 0 spiro atoms. The van der Waals surface area contributed by atoms with Crippen molar-refractivity contribution in [3.05, 3.63) is 126 Å². The minimum Gasteiger partial charge on any atom is -0.501 e. The SMILES string of the molecule is C[Si](C)(C)c1cnc2c(c1)[se]c1cc(F)c[c-]c12.[2H]C([2H])([2H])c1cnc(-c2[c-]ccc3c2oc2cc4c(ccc5ccccc54)cc23)cc1C([2H])([2H])C(C)(C)C.[Ir]. The Morgan fingerprint density at radius 3 is 2.46 bits per heavy atom. The summed E-state index contributed by atoms with van der Waals surface area (Å²) in [5, 5.41) is 8.73. The molecule has 0 aliphatic carbocycles. The van der Waals surface area contributed by atoms with Crippen LogP contribution in [0.5, 0.6) is 0 Å². The summed E-state index contributed by atoms with van der Waals surface area (Å²) < 4.78 is 63.7. The minimum atomic E-state index is -2.50. The first-order valence-electron chi connectivity index (χ1n) is 19.4. The van der Waals surface area contributed by atoms with Gasteiger partial charge in [-0.25, -0.2) is 0 Å². The molecular weight excluding hydrogens is 903 g/mol. The molecule has 0 bridgehead atoms. The summed E-state index contributed by atoms with van der Waals surface area (Å²) in [5.41, 5.74) is 2.48. The van der Waals surface area contributed by atoms with Crippen molar-refractivity contribution in [3.63, 3.8) is 0 Å². The van der Waals surface area contributed by atoms with E-state index >= 15 is 0 Å². The minimum absolute atomic E-state index is 0. The summed E-state index contributed by atoms with van der Waals surface area (Å²) in [4.78, 5) is 9.06. The number of rotatable bonds is 3. The van der Waals surface area contributed by atoms with E-state index in [-0.39, 0.29) is 51.6 Å². The molecule has 4 aromatic heterocycles. The Morgan fingerprint density at radius 1 is 0.865 bits per heavy atom. The first-order chi connectivity index (χ1) is 26.3. The van der Waals surface area contributed by atoms with Crippen molar-refractivity contribution in [1.29, 1.82) is 0 Å². The Hall–Kier alpha value is -3.96. The second-order valence-electron chi connectivity index (χ2n) is 15.0. The third-order valence-corrected chi connectivity index (χ3v) is 13.3. The quantitative estimate of drug-likeness (QED) is 0.101. The number of hydrogen-bond acceptors (Lipinski definition) is 3. The number of aromatic nitrogens is 2. The number of fused-ring (bicyclic) bond motifs is 9. The van der Waals surface area contributed by atoms with E-state index in [0.29, 0.717) is 16.8 Å². The van der Waals surface area contributed by atoms with Crippen LogP contribution in [0.2, 0.25) is 19.6 Å². The fourth-order valence-electron chi connectivity index (χ4n) is 6.49. The number of halogens is 1. The van der Waals surface area contributed by atoms with E-state index in [4.69, 9.17) is 11.3 Å². The van der Waals surface area contributed by atoms with Gasteiger partial charge in [0.1, 0.15) is 5.58 Å². The molecule has 263 valence electrons. The van der Waals surface area contributed by atoms with Crippen LogP contribution in [-0.4, -0.2) is 32.5 Å². The molecule has 0 atom stereocenters. The molecule has 0 saturated carbocycles. The Kier molecular flexibility index (Phi) is 8.08. The van der Waals surface area contributed by atoms with Gasteiger partial charge in [0.05, 0.1) is 5.58 Å². The van der Waals surface area contributed by atoms with Crippen molar-refractivity contribution in [2.75, 3.05) is 0 Å². The summed E-state index contributed by atoms with van der Waals surface area (Å²) in [6.45, 7) is 9.73. The Balaban J connectivity index is 0.000000219. The Labute approximate surface area is 331 Å². The van der Waals surface area contributed by atoms with Gasteiger partial charge in [-0.15, -0.1) is 18.2 Å². The van der Waals surface area contributed by atoms with E-state index in [1.165, 1.54) is 21.7 Å². The zero-order valence-electron chi connectivity index (χ0n) is 34.7. The first-order valence-corrected chi connectivity index (χ1v) is 22.1. The van der Waals surface area contributed by atoms with Crippen molar-refractivity contribution >= 4 is 90.7 Å². The van der Waals surface area contributed by atoms with Crippen LogP contribution >= 0.6 is 0 Å². The molecule has 52 heavy (non-hydrogen) atoms. The maximum atomic E-state index is 13.2. The molecule has 0 amide bonds. The third kappa shape index (κ3) is 6.93. The van der Waals surface area contributed by atoms with Gasteiger partial charge in [0.15, 0.2) is 0 Å². The van der Waals surface area contributed by atoms with Crippen LogP contribution in [-0.2, 0) is 26.5 Å². The van der Waals surface area contributed by atoms with Crippen LogP contribution in [0.3, 0.4) is 0 Å². The molecule has 3 nitrogen and oxygen atoms in total. The average molecular weight is 947 g/mol. The molecule has 9 rings (SSSR count). The van der Waals surface area contributed by atoms with E-state index < -0.39 is 26.7 Å². The molecule has 7 heteroatoms. The second kappa shape index (κ2) is 13.8. The van der Waals surface area contributed by atoms with Crippen LogP contribution in [0.25, 0.3) is 74.2 Å². The fourth-order valence-corrected chi connectivity index (χ4v) is 10.1. The van der Waals surface area contributed by atoms with Gasteiger partial charge in [-0.1, -0.05) is 79.7 Å². The average Bonchev–Trinajstić information content (AvgIpc) is 3.69.